The van der Waals surface area contributed by atoms with E-state index in [1.54, 1.807) is 6.92 Å². The number of para-hydroxylation sites is 1. The third-order valence-corrected chi connectivity index (χ3v) is 4.71. The first kappa shape index (κ1) is 20.5. The fourth-order valence-corrected chi connectivity index (χ4v) is 3.25. The van der Waals surface area contributed by atoms with Crippen LogP contribution in [-0.2, 0) is 9.53 Å². The summed E-state index contributed by atoms with van der Waals surface area (Å²) in [6.07, 6.45) is 0. The smallest absolute Gasteiger partial charge is 0.338 e. The Morgan fingerprint density at radius 3 is 2.41 bits per heavy atom. The van der Waals surface area contributed by atoms with Crippen LogP contribution in [-0.4, -0.2) is 18.6 Å². The van der Waals surface area contributed by atoms with E-state index >= 15 is 0 Å². The molecule has 1 heterocycles. The molecule has 2 amide bonds. The molecule has 0 radical (unpaired) electrons. The first-order valence-corrected chi connectivity index (χ1v) is 9.72. The van der Waals surface area contributed by atoms with Crippen molar-refractivity contribution >= 4 is 12.0 Å². The van der Waals surface area contributed by atoms with Crippen LogP contribution in [0.4, 0.5) is 4.79 Å². The standard InChI is InChI=1S/C23H26N2O4/c1-5-28-22(26)19-20(14(2)3)24-23(27)25-21(19)16-10-12-17(13-11-16)29-18-9-7-6-8-15(18)4/h6-14,21H,5H2,1-4H3,(H2,24,25,27). The van der Waals surface area contributed by atoms with Crippen molar-refractivity contribution in [3.8, 4) is 11.5 Å². The van der Waals surface area contributed by atoms with Crippen molar-refractivity contribution < 1.29 is 19.1 Å². The molecule has 1 aliphatic rings. The second-order valence-corrected chi connectivity index (χ2v) is 7.17. The SMILES string of the molecule is CCOC(=O)C1=C(C(C)C)NC(=O)NC1c1ccc(Oc2ccccc2C)cc1. The highest BCUT2D eigenvalue weighted by Crippen LogP contribution is 2.32. The summed E-state index contributed by atoms with van der Waals surface area (Å²) >= 11 is 0. The lowest BCUT2D eigenvalue weighted by atomic mass is 9.91. The summed E-state index contributed by atoms with van der Waals surface area (Å²) in [5, 5.41) is 5.59. The zero-order chi connectivity index (χ0) is 21.0. The van der Waals surface area contributed by atoms with E-state index < -0.39 is 12.0 Å². The molecule has 1 aliphatic heterocycles. The van der Waals surface area contributed by atoms with Crippen molar-refractivity contribution in [1.82, 2.24) is 10.6 Å². The normalized spacial score (nSPS) is 16.3. The van der Waals surface area contributed by atoms with E-state index in [2.05, 4.69) is 10.6 Å². The fourth-order valence-electron chi connectivity index (χ4n) is 3.25. The molecule has 0 fully saturated rings. The molecule has 0 saturated carbocycles. The Balaban J connectivity index is 1.92. The summed E-state index contributed by atoms with van der Waals surface area (Å²) in [5.74, 6) is 0.985. The Hall–Kier alpha value is -3.28. The van der Waals surface area contributed by atoms with Crippen LogP contribution in [0.25, 0.3) is 0 Å². The minimum absolute atomic E-state index is 0.0355. The largest absolute Gasteiger partial charge is 0.463 e. The summed E-state index contributed by atoms with van der Waals surface area (Å²) in [4.78, 5) is 24.9. The van der Waals surface area contributed by atoms with Crippen LogP contribution >= 0.6 is 0 Å². The second-order valence-electron chi connectivity index (χ2n) is 7.17. The molecular formula is C23H26N2O4. The predicted molar refractivity (Wildman–Crippen MR) is 111 cm³/mol. The molecule has 2 N–H and O–H groups in total. The number of amides is 2. The minimum atomic E-state index is -0.590. The van der Waals surface area contributed by atoms with Crippen LogP contribution in [0.5, 0.6) is 11.5 Å². The summed E-state index contributed by atoms with van der Waals surface area (Å²) in [7, 11) is 0. The van der Waals surface area contributed by atoms with Gasteiger partial charge in [0, 0.05) is 5.70 Å². The number of urea groups is 1. The van der Waals surface area contributed by atoms with Gasteiger partial charge < -0.3 is 20.1 Å². The lowest BCUT2D eigenvalue weighted by Gasteiger charge is -2.31. The molecule has 0 aliphatic carbocycles. The second kappa shape index (κ2) is 8.82. The first-order chi connectivity index (χ1) is 13.9. The lowest BCUT2D eigenvalue weighted by molar-refractivity contribution is -0.139. The molecule has 2 aromatic rings. The van der Waals surface area contributed by atoms with Crippen molar-refractivity contribution in [2.24, 2.45) is 5.92 Å². The number of nitrogens with one attached hydrogen (secondary N) is 2. The molecule has 6 nitrogen and oxygen atoms in total. The van der Waals surface area contributed by atoms with Gasteiger partial charge in [-0.05, 0) is 49.1 Å². The Labute approximate surface area is 170 Å². The Morgan fingerprint density at radius 1 is 1.10 bits per heavy atom. The van der Waals surface area contributed by atoms with Crippen LogP contribution in [0.3, 0.4) is 0 Å². The van der Waals surface area contributed by atoms with Gasteiger partial charge in [-0.15, -0.1) is 0 Å². The van der Waals surface area contributed by atoms with Crippen molar-refractivity contribution in [2.75, 3.05) is 6.61 Å². The molecule has 3 rings (SSSR count). The van der Waals surface area contributed by atoms with Gasteiger partial charge in [-0.1, -0.05) is 44.2 Å². The van der Waals surface area contributed by atoms with E-state index in [9.17, 15) is 9.59 Å². The van der Waals surface area contributed by atoms with Crippen molar-refractivity contribution in [2.45, 2.75) is 33.7 Å². The first-order valence-electron chi connectivity index (χ1n) is 9.72. The van der Waals surface area contributed by atoms with Crippen LogP contribution < -0.4 is 15.4 Å². The Morgan fingerprint density at radius 2 is 1.79 bits per heavy atom. The highest BCUT2D eigenvalue weighted by Gasteiger charge is 2.34. The van der Waals surface area contributed by atoms with Gasteiger partial charge in [0.2, 0.25) is 0 Å². The Kier molecular flexibility index (Phi) is 6.22. The van der Waals surface area contributed by atoms with Gasteiger partial charge in [0.05, 0.1) is 18.2 Å². The number of carbonyl (C=O) groups is 2. The molecule has 29 heavy (non-hydrogen) atoms. The van der Waals surface area contributed by atoms with Gasteiger partial charge in [0.25, 0.3) is 0 Å². The van der Waals surface area contributed by atoms with Crippen LogP contribution in [0.15, 0.2) is 59.8 Å². The molecule has 1 unspecified atom stereocenters. The zero-order valence-electron chi connectivity index (χ0n) is 17.1. The number of hydrogen-bond acceptors (Lipinski definition) is 4. The molecule has 1 atom stereocenters. The van der Waals surface area contributed by atoms with Crippen molar-refractivity contribution in [3.05, 3.63) is 70.9 Å². The third-order valence-electron chi connectivity index (χ3n) is 4.71. The average molecular weight is 394 g/mol. The molecule has 152 valence electrons. The maximum Gasteiger partial charge on any atom is 0.338 e. The molecule has 0 spiro atoms. The monoisotopic (exact) mass is 394 g/mol. The molecule has 6 heteroatoms. The Bertz CT molecular complexity index is 932. The van der Waals surface area contributed by atoms with E-state index in [-0.39, 0.29) is 18.6 Å². The van der Waals surface area contributed by atoms with Crippen LogP contribution in [0, 0.1) is 12.8 Å². The molecule has 0 aromatic heterocycles. The lowest BCUT2D eigenvalue weighted by Crippen LogP contribution is -2.47. The summed E-state index contributed by atoms with van der Waals surface area (Å²) in [6, 6.07) is 14.2. The highest BCUT2D eigenvalue weighted by molar-refractivity contribution is 5.95. The number of hydrogen-bond donors (Lipinski definition) is 2. The van der Waals surface area contributed by atoms with Crippen molar-refractivity contribution in [1.29, 1.82) is 0 Å². The highest BCUT2D eigenvalue weighted by atomic mass is 16.5. The number of esters is 1. The topological polar surface area (TPSA) is 76.7 Å². The van der Waals surface area contributed by atoms with Gasteiger partial charge in [-0.3, -0.25) is 0 Å². The third kappa shape index (κ3) is 4.59. The van der Waals surface area contributed by atoms with E-state index in [1.807, 2.05) is 69.3 Å². The van der Waals surface area contributed by atoms with E-state index in [0.717, 1.165) is 16.9 Å². The number of aryl methyl sites for hydroxylation is 1. The fraction of sp³-hybridized carbons (Fsp3) is 0.304. The van der Waals surface area contributed by atoms with Gasteiger partial charge in [0.15, 0.2) is 0 Å². The summed E-state index contributed by atoms with van der Waals surface area (Å²) in [6.45, 7) is 7.86. The van der Waals surface area contributed by atoms with E-state index in [1.165, 1.54) is 0 Å². The van der Waals surface area contributed by atoms with Crippen LogP contribution in [0.2, 0.25) is 0 Å². The number of carbonyl (C=O) groups excluding carboxylic acids is 2. The number of rotatable bonds is 6. The number of ether oxygens (including phenoxy) is 2. The van der Waals surface area contributed by atoms with Crippen LogP contribution in [0.1, 0.15) is 37.9 Å². The van der Waals surface area contributed by atoms with Gasteiger partial charge >= 0.3 is 12.0 Å². The molecule has 0 bridgehead atoms. The molecule has 2 aromatic carbocycles. The van der Waals surface area contributed by atoms with Gasteiger partial charge in [-0.25, -0.2) is 9.59 Å². The van der Waals surface area contributed by atoms with Gasteiger partial charge in [-0.2, -0.15) is 0 Å². The average Bonchev–Trinajstić information content (AvgIpc) is 2.69. The maximum atomic E-state index is 12.7. The molecule has 0 saturated heterocycles. The van der Waals surface area contributed by atoms with Gasteiger partial charge in [0.1, 0.15) is 11.5 Å². The van der Waals surface area contributed by atoms with E-state index in [4.69, 9.17) is 9.47 Å². The summed E-state index contributed by atoms with van der Waals surface area (Å²) in [5.41, 5.74) is 2.82. The van der Waals surface area contributed by atoms with Crippen molar-refractivity contribution in [3.63, 3.8) is 0 Å². The number of allylic oxidation sites excluding steroid dienone is 1. The number of benzene rings is 2. The predicted octanol–water partition coefficient (Wildman–Crippen LogP) is 4.61. The summed E-state index contributed by atoms with van der Waals surface area (Å²) < 4.78 is 11.2. The molecular weight excluding hydrogens is 368 g/mol. The zero-order valence-corrected chi connectivity index (χ0v) is 17.1. The van der Waals surface area contributed by atoms with E-state index in [0.29, 0.717) is 17.0 Å². The minimum Gasteiger partial charge on any atom is -0.463 e. The quantitative estimate of drug-likeness (QED) is 0.701. The maximum absolute atomic E-state index is 12.7.